The van der Waals surface area contributed by atoms with Gasteiger partial charge >= 0.3 is 11.9 Å². The summed E-state index contributed by atoms with van der Waals surface area (Å²) in [6, 6.07) is 0. The van der Waals surface area contributed by atoms with E-state index < -0.39 is 33.9 Å². The molecule has 7 heteroatoms. The van der Waals surface area contributed by atoms with Crippen molar-refractivity contribution in [2.45, 2.75) is 89.4 Å². The van der Waals surface area contributed by atoms with Crippen molar-refractivity contribution < 1.29 is 34.1 Å². The lowest BCUT2D eigenvalue weighted by Gasteiger charge is -2.63. The Morgan fingerprint density at radius 1 is 1.25 bits per heavy atom. The van der Waals surface area contributed by atoms with Gasteiger partial charge in [0.25, 0.3) is 0 Å². The third-order valence-electron chi connectivity index (χ3n) is 10.6. The van der Waals surface area contributed by atoms with Crippen molar-refractivity contribution in [2.24, 2.45) is 28.1 Å². The lowest BCUT2D eigenvalue weighted by atomic mass is 9.38. The first-order valence-corrected chi connectivity index (χ1v) is 11.8. The second-order valence-electron chi connectivity index (χ2n) is 11.5. The minimum Gasteiger partial charge on any atom is -0.481 e. The first-order valence-electron chi connectivity index (χ1n) is 11.8. The number of carboxylic acids is 1. The maximum atomic E-state index is 13.2. The predicted octanol–water partition coefficient (Wildman–Crippen LogP) is 3.03. The molecule has 0 aromatic heterocycles. The zero-order valence-corrected chi connectivity index (χ0v) is 19.4. The van der Waals surface area contributed by atoms with E-state index in [4.69, 9.17) is 9.47 Å². The summed E-state index contributed by atoms with van der Waals surface area (Å²) in [7, 11) is 1.39. The van der Waals surface area contributed by atoms with Crippen molar-refractivity contribution in [3.8, 4) is 0 Å². The summed E-state index contributed by atoms with van der Waals surface area (Å²) in [4.78, 5) is 36.8. The Morgan fingerprint density at radius 2 is 1.97 bits per heavy atom. The normalized spacial score (nSPS) is 51.0. The van der Waals surface area contributed by atoms with E-state index in [1.54, 1.807) is 0 Å². The molecule has 7 nitrogen and oxygen atoms in total. The molecule has 1 heterocycles. The highest BCUT2D eigenvalue weighted by Gasteiger charge is 2.86. The van der Waals surface area contributed by atoms with Crippen molar-refractivity contribution in [3.05, 3.63) is 11.6 Å². The Hall–Kier alpha value is -1.73. The molecule has 1 spiro atoms. The SMILES string of the molecule is COC(=O)[C@@H]1C=C2CC(=O)CC[C@]2(C)[C@@]23OC2C[C@@]2(C)[C@@H](CC[C@@]2(O)CCC(=O)O)[C@]13C. The molecule has 5 rings (SSSR count). The molecule has 32 heavy (non-hydrogen) atoms. The van der Waals surface area contributed by atoms with Crippen molar-refractivity contribution in [1.29, 1.82) is 0 Å². The van der Waals surface area contributed by atoms with Gasteiger partial charge < -0.3 is 19.7 Å². The summed E-state index contributed by atoms with van der Waals surface area (Å²) in [5.74, 6) is -1.67. The van der Waals surface area contributed by atoms with Crippen LogP contribution >= 0.6 is 0 Å². The van der Waals surface area contributed by atoms with Crippen LogP contribution in [-0.2, 0) is 23.9 Å². The van der Waals surface area contributed by atoms with E-state index in [-0.39, 0.29) is 42.0 Å². The van der Waals surface area contributed by atoms with Crippen LogP contribution in [0.2, 0.25) is 0 Å². The second kappa shape index (κ2) is 6.44. The summed E-state index contributed by atoms with van der Waals surface area (Å²) < 4.78 is 11.9. The molecule has 1 saturated heterocycles. The molecule has 0 amide bonds. The van der Waals surface area contributed by atoms with Crippen LogP contribution in [0.4, 0.5) is 0 Å². The average molecular weight is 447 g/mol. The molecule has 4 fully saturated rings. The minimum absolute atomic E-state index is 0.0381. The number of carboxylic acid groups (broad SMARTS) is 1. The van der Waals surface area contributed by atoms with Gasteiger partial charge in [0.1, 0.15) is 11.4 Å². The number of rotatable bonds is 4. The third kappa shape index (κ3) is 2.32. The van der Waals surface area contributed by atoms with E-state index in [2.05, 4.69) is 20.8 Å². The summed E-state index contributed by atoms with van der Waals surface area (Å²) in [5, 5.41) is 21.0. The van der Waals surface area contributed by atoms with Gasteiger partial charge in [0.2, 0.25) is 0 Å². The first kappa shape index (κ1) is 22.1. The van der Waals surface area contributed by atoms with Gasteiger partial charge in [-0.25, -0.2) is 0 Å². The average Bonchev–Trinajstić information content (AvgIpc) is 3.40. The van der Waals surface area contributed by atoms with E-state index in [0.717, 1.165) is 5.57 Å². The molecule has 3 saturated carbocycles. The molecule has 8 atom stereocenters. The van der Waals surface area contributed by atoms with Crippen LogP contribution in [0.5, 0.6) is 0 Å². The molecule has 0 radical (unpaired) electrons. The van der Waals surface area contributed by atoms with Crippen LogP contribution in [0.1, 0.15) is 72.1 Å². The molecule has 0 bridgehead atoms. The molecule has 1 aliphatic heterocycles. The fourth-order valence-corrected chi connectivity index (χ4v) is 8.88. The van der Waals surface area contributed by atoms with Crippen LogP contribution < -0.4 is 0 Å². The number of ketones is 1. The molecular weight excluding hydrogens is 412 g/mol. The zero-order chi connectivity index (χ0) is 23.3. The van der Waals surface area contributed by atoms with Crippen LogP contribution in [-0.4, -0.2) is 52.4 Å². The van der Waals surface area contributed by atoms with Crippen molar-refractivity contribution in [3.63, 3.8) is 0 Å². The quantitative estimate of drug-likeness (QED) is 0.388. The Balaban J connectivity index is 1.66. The number of aliphatic carboxylic acids is 1. The summed E-state index contributed by atoms with van der Waals surface area (Å²) in [5.41, 5.74) is -2.23. The fourth-order valence-electron chi connectivity index (χ4n) is 8.88. The van der Waals surface area contributed by atoms with E-state index in [1.165, 1.54) is 7.11 Å². The number of fused-ring (bicyclic) bond motifs is 3. The van der Waals surface area contributed by atoms with Crippen LogP contribution in [0, 0.1) is 28.1 Å². The molecule has 176 valence electrons. The number of aliphatic hydroxyl groups is 1. The molecular formula is C25H34O7. The van der Waals surface area contributed by atoms with Gasteiger partial charge in [0, 0.05) is 35.5 Å². The Morgan fingerprint density at radius 3 is 2.62 bits per heavy atom. The smallest absolute Gasteiger partial charge is 0.313 e. The highest BCUT2D eigenvalue weighted by Crippen LogP contribution is 2.81. The monoisotopic (exact) mass is 446 g/mol. The van der Waals surface area contributed by atoms with Gasteiger partial charge in [-0.05, 0) is 38.0 Å². The number of methoxy groups -OCH3 is 1. The number of carbonyl (C=O) groups is 3. The van der Waals surface area contributed by atoms with Crippen LogP contribution in [0.3, 0.4) is 0 Å². The lowest BCUT2D eigenvalue weighted by molar-refractivity contribution is -0.178. The minimum atomic E-state index is -1.12. The summed E-state index contributed by atoms with van der Waals surface area (Å²) >= 11 is 0. The Bertz CT molecular complexity index is 941. The topological polar surface area (TPSA) is 113 Å². The largest absolute Gasteiger partial charge is 0.481 e. The molecule has 5 aliphatic rings. The first-order chi connectivity index (χ1) is 14.9. The van der Waals surface area contributed by atoms with Crippen molar-refractivity contribution in [1.82, 2.24) is 0 Å². The summed E-state index contributed by atoms with van der Waals surface area (Å²) in [6.07, 6.45) is 5.35. The second-order valence-corrected chi connectivity index (χ2v) is 11.5. The van der Waals surface area contributed by atoms with Gasteiger partial charge in [-0.15, -0.1) is 0 Å². The number of epoxide rings is 1. The number of Topliss-reactive ketones (excluding diaryl/α,β-unsaturated/α-hetero) is 1. The predicted molar refractivity (Wildman–Crippen MR) is 114 cm³/mol. The maximum absolute atomic E-state index is 13.2. The van der Waals surface area contributed by atoms with Crippen molar-refractivity contribution >= 4 is 17.7 Å². The lowest BCUT2D eigenvalue weighted by Crippen LogP contribution is -2.68. The Labute approximate surface area is 188 Å². The van der Waals surface area contributed by atoms with Gasteiger partial charge in [-0.3, -0.25) is 14.4 Å². The molecule has 0 aromatic carbocycles. The van der Waals surface area contributed by atoms with Crippen LogP contribution in [0.25, 0.3) is 0 Å². The molecule has 2 N–H and O–H groups in total. The van der Waals surface area contributed by atoms with E-state index in [9.17, 15) is 24.6 Å². The highest BCUT2D eigenvalue weighted by atomic mass is 16.6. The molecule has 0 aromatic rings. The number of ether oxygens (including phenoxy) is 2. The standard InChI is InChI=1S/C25H34O7/c1-21-8-5-15(26)11-14(21)12-16(20(29)31-4)23(3)17-6-9-24(30,10-7-19(27)28)22(17,2)13-18-25(21,23)32-18/h12,16-18,30H,5-11,13H2,1-4H3,(H,27,28)/t16-,17+,18?,21-,22-,23-,24+,25-/m0/s1. The van der Waals surface area contributed by atoms with Gasteiger partial charge in [-0.2, -0.15) is 0 Å². The molecule has 1 unspecified atom stereocenters. The Kier molecular flexibility index (Phi) is 4.44. The molecule has 4 aliphatic carbocycles. The van der Waals surface area contributed by atoms with Gasteiger partial charge in [0.15, 0.2) is 0 Å². The van der Waals surface area contributed by atoms with Gasteiger partial charge in [-0.1, -0.05) is 32.4 Å². The number of hydrogen-bond acceptors (Lipinski definition) is 6. The maximum Gasteiger partial charge on any atom is 0.313 e. The van der Waals surface area contributed by atoms with E-state index >= 15 is 0 Å². The number of hydrogen-bond donors (Lipinski definition) is 2. The van der Waals surface area contributed by atoms with Gasteiger partial charge in [0.05, 0.1) is 24.7 Å². The summed E-state index contributed by atoms with van der Waals surface area (Å²) in [6.45, 7) is 6.36. The van der Waals surface area contributed by atoms with E-state index in [0.29, 0.717) is 38.5 Å². The zero-order valence-electron chi connectivity index (χ0n) is 19.4. The fraction of sp³-hybridized carbons (Fsp3) is 0.800. The highest BCUT2D eigenvalue weighted by molar-refractivity contribution is 5.85. The van der Waals surface area contributed by atoms with Crippen molar-refractivity contribution in [2.75, 3.05) is 7.11 Å². The third-order valence-corrected chi connectivity index (χ3v) is 10.6. The van der Waals surface area contributed by atoms with E-state index in [1.807, 2.05) is 6.08 Å². The van der Waals surface area contributed by atoms with Crippen LogP contribution in [0.15, 0.2) is 11.6 Å². The number of carbonyl (C=O) groups excluding carboxylic acids is 2. The number of esters is 1.